The molecule has 1 atom stereocenters. The van der Waals surface area contributed by atoms with E-state index < -0.39 is 50.5 Å². The van der Waals surface area contributed by atoms with Crippen LogP contribution in [0.2, 0.25) is 0 Å². The predicted molar refractivity (Wildman–Crippen MR) is 52.0 cm³/mol. The molecule has 0 saturated heterocycles. The molecule has 0 aromatic rings. The minimum atomic E-state index is -1.18. The fourth-order valence-electron chi connectivity index (χ4n) is 1.26. The van der Waals surface area contributed by atoms with Gasteiger partial charge in [-0.2, -0.15) is 0 Å². The molecule has 1 unspecified atom stereocenters. The smallest absolute Gasteiger partial charge is 0.0620 e. The van der Waals surface area contributed by atoms with Crippen LogP contribution in [-0.2, 0) is 0 Å². The maximum atomic E-state index is 9.58. The summed E-state index contributed by atoms with van der Waals surface area (Å²) >= 11 is 0. The molecule has 0 aliphatic rings. The first kappa shape index (κ1) is 14.8. The lowest BCUT2D eigenvalue weighted by molar-refractivity contribution is -0.0565. The third-order valence-corrected chi connectivity index (χ3v) is 2.66. The molecule has 0 aliphatic heterocycles. The largest absolute Gasteiger partial charge is 0.396 e. The van der Waals surface area contributed by atoms with Gasteiger partial charge in [0.1, 0.15) is 0 Å². The molecule has 0 saturated carbocycles. The van der Waals surface area contributed by atoms with Crippen molar-refractivity contribution in [3.8, 4) is 0 Å². The van der Waals surface area contributed by atoms with Gasteiger partial charge >= 0.3 is 0 Å². The highest BCUT2D eigenvalue weighted by Gasteiger charge is 2.33. The number of aliphatic hydroxyl groups is 6. The first-order valence-electron chi connectivity index (χ1n) is 4.81. The Bertz CT molecular complexity index is 146. The van der Waals surface area contributed by atoms with E-state index in [4.69, 9.17) is 25.5 Å². The van der Waals surface area contributed by atoms with Crippen molar-refractivity contribution in [3.05, 3.63) is 0 Å². The van der Waals surface area contributed by atoms with E-state index in [1.807, 2.05) is 0 Å². The van der Waals surface area contributed by atoms with Crippen molar-refractivity contribution in [2.24, 2.45) is 11.3 Å². The third kappa shape index (κ3) is 4.02. The summed E-state index contributed by atoms with van der Waals surface area (Å²) in [4.78, 5) is 0. The van der Waals surface area contributed by atoms with Crippen molar-refractivity contribution in [2.75, 3.05) is 33.0 Å². The molecular formula is C9H20O6. The number of rotatable bonds is 8. The zero-order chi connectivity index (χ0) is 11.9. The van der Waals surface area contributed by atoms with Gasteiger partial charge in [-0.1, -0.05) is 0 Å². The van der Waals surface area contributed by atoms with Crippen LogP contribution >= 0.6 is 0 Å². The second-order valence-electron chi connectivity index (χ2n) is 3.87. The summed E-state index contributed by atoms with van der Waals surface area (Å²) in [5.41, 5.74) is -1.18. The molecule has 15 heavy (non-hydrogen) atoms. The Morgan fingerprint density at radius 3 is 1.47 bits per heavy atom. The van der Waals surface area contributed by atoms with Crippen LogP contribution in [-0.4, -0.2) is 69.8 Å². The fourth-order valence-corrected chi connectivity index (χ4v) is 1.26. The Morgan fingerprint density at radius 1 is 0.800 bits per heavy atom. The van der Waals surface area contributed by atoms with Crippen molar-refractivity contribution in [1.29, 1.82) is 0 Å². The molecule has 0 aliphatic carbocycles. The second-order valence-corrected chi connectivity index (χ2v) is 3.87. The quantitative estimate of drug-likeness (QED) is 0.267. The van der Waals surface area contributed by atoms with Crippen molar-refractivity contribution >= 4 is 0 Å². The van der Waals surface area contributed by atoms with Gasteiger partial charge in [-0.3, -0.25) is 0 Å². The van der Waals surface area contributed by atoms with Crippen molar-refractivity contribution in [3.63, 3.8) is 0 Å². The van der Waals surface area contributed by atoms with Crippen LogP contribution in [0.15, 0.2) is 0 Å². The second kappa shape index (κ2) is 7.10. The first-order valence-corrected chi connectivity index (χ1v) is 4.81. The molecule has 0 amide bonds. The normalized spacial score (nSPS) is 14.6. The molecule has 0 spiro atoms. The molecule has 0 heterocycles. The zero-order valence-corrected chi connectivity index (χ0v) is 8.58. The van der Waals surface area contributed by atoms with E-state index in [1.54, 1.807) is 0 Å². The Morgan fingerprint density at radius 2 is 1.20 bits per heavy atom. The van der Waals surface area contributed by atoms with Crippen molar-refractivity contribution < 1.29 is 30.6 Å². The predicted octanol–water partition coefficient (Wildman–Crippen LogP) is -2.70. The Hall–Kier alpha value is -0.240. The Kier molecular flexibility index (Phi) is 6.99. The van der Waals surface area contributed by atoms with E-state index in [0.29, 0.717) is 0 Å². The summed E-state index contributed by atoms with van der Waals surface area (Å²) in [6.07, 6.45) is -1.16. The highest BCUT2D eigenvalue weighted by Crippen LogP contribution is 2.25. The van der Waals surface area contributed by atoms with Gasteiger partial charge in [-0.05, 0) is 6.42 Å². The van der Waals surface area contributed by atoms with Gasteiger partial charge in [0.15, 0.2) is 0 Å². The summed E-state index contributed by atoms with van der Waals surface area (Å²) < 4.78 is 0. The van der Waals surface area contributed by atoms with Gasteiger partial charge in [0.05, 0.1) is 39.1 Å². The molecule has 92 valence electrons. The maximum Gasteiger partial charge on any atom is 0.0620 e. The average Bonchev–Trinajstić information content (AvgIpc) is 2.28. The summed E-state index contributed by atoms with van der Waals surface area (Å²) in [5.74, 6) is -0.728. The molecule has 6 nitrogen and oxygen atoms in total. The summed E-state index contributed by atoms with van der Waals surface area (Å²) in [7, 11) is 0. The SMILES string of the molecule is OCC(CO)C(O)CC(CO)(CO)CO. The highest BCUT2D eigenvalue weighted by atomic mass is 16.3. The van der Waals surface area contributed by atoms with Crippen LogP contribution in [0.25, 0.3) is 0 Å². The van der Waals surface area contributed by atoms with Crippen LogP contribution in [0.3, 0.4) is 0 Å². The summed E-state index contributed by atoms with van der Waals surface area (Å²) in [5, 5.41) is 54.2. The summed E-state index contributed by atoms with van der Waals surface area (Å²) in [6.45, 7) is -2.20. The molecule has 0 fully saturated rings. The van der Waals surface area contributed by atoms with Crippen LogP contribution in [0.4, 0.5) is 0 Å². The molecule has 6 N–H and O–H groups in total. The number of hydrogen-bond acceptors (Lipinski definition) is 6. The van der Waals surface area contributed by atoms with Crippen LogP contribution in [0, 0.1) is 11.3 Å². The zero-order valence-electron chi connectivity index (χ0n) is 8.58. The lowest BCUT2D eigenvalue weighted by Gasteiger charge is -2.31. The first-order chi connectivity index (χ1) is 7.09. The molecular weight excluding hydrogens is 204 g/mol. The van der Waals surface area contributed by atoms with Gasteiger partial charge in [0, 0.05) is 11.3 Å². The molecule has 0 radical (unpaired) electrons. The molecule has 6 heteroatoms. The number of aliphatic hydroxyl groups excluding tert-OH is 6. The van der Waals surface area contributed by atoms with Crippen molar-refractivity contribution in [2.45, 2.75) is 12.5 Å². The minimum absolute atomic E-state index is 0.0811. The Balaban J connectivity index is 4.39. The van der Waals surface area contributed by atoms with Gasteiger partial charge in [-0.25, -0.2) is 0 Å². The molecule has 0 aromatic carbocycles. The lowest BCUT2D eigenvalue weighted by atomic mass is 9.81. The third-order valence-electron chi connectivity index (χ3n) is 2.66. The van der Waals surface area contributed by atoms with E-state index in [1.165, 1.54) is 0 Å². The Labute approximate surface area is 88.4 Å². The lowest BCUT2D eigenvalue weighted by Crippen LogP contribution is -2.41. The minimum Gasteiger partial charge on any atom is -0.396 e. The van der Waals surface area contributed by atoms with Gasteiger partial charge in [0.25, 0.3) is 0 Å². The average molecular weight is 224 g/mol. The number of hydrogen-bond donors (Lipinski definition) is 6. The van der Waals surface area contributed by atoms with Crippen LogP contribution in [0.1, 0.15) is 6.42 Å². The molecule has 0 bridgehead atoms. The standard InChI is InChI=1S/C9H20O6/c10-2-7(3-11)8(15)1-9(4-12,5-13)6-14/h7-8,10-15H,1-6H2. The van der Waals surface area contributed by atoms with E-state index >= 15 is 0 Å². The summed E-state index contributed by atoms with van der Waals surface area (Å²) in [6, 6.07) is 0. The fraction of sp³-hybridized carbons (Fsp3) is 1.00. The molecule has 0 aromatic heterocycles. The monoisotopic (exact) mass is 224 g/mol. The van der Waals surface area contributed by atoms with Crippen molar-refractivity contribution in [1.82, 2.24) is 0 Å². The van der Waals surface area contributed by atoms with Crippen LogP contribution in [0.5, 0.6) is 0 Å². The topological polar surface area (TPSA) is 121 Å². The van der Waals surface area contributed by atoms with Crippen LogP contribution < -0.4 is 0 Å². The highest BCUT2D eigenvalue weighted by molar-refractivity contribution is 4.82. The van der Waals surface area contributed by atoms with Gasteiger partial charge in [-0.15, -0.1) is 0 Å². The van der Waals surface area contributed by atoms with E-state index in [0.717, 1.165) is 0 Å². The van der Waals surface area contributed by atoms with E-state index in [2.05, 4.69) is 0 Å². The van der Waals surface area contributed by atoms with Gasteiger partial charge < -0.3 is 30.6 Å². The van der Waals surface area contributed by atoms with Gasteiger partial charge in [0.2, 0.25) is 0 Å². The van der Waals surface area contributed by atoms with E-state index in [-0.39, 0.29) is 6.42 Å². The maximum absolute atomic E-state index is 9.58. The molecule has 0 rings (SSSR count). The van der Waals surface area contributed by atoms with E-state index in [9.17, 15) is 5.11 Å².